The molecule has 0 aliphatic carbocycles. The molecule has 0 unspecified atom stereocenters. The van der Waals surface area contributed by atoms with Gasteiger partial charge in [0.2, 0.25) is 0 Å². The average molecular weight is 412 g/mol. The van der Waals surface area contributed by atoms with E-state index in [0.29, 0.717) is 34.7 Å². The number of aromatic nitrogens is 1. The summed E-state index contributed by atoms with van der Waals surface area (Å²) in [6.45, 7) is 0.443. The highest BCUT2D eigenvalue weighted by Crippen LogP contribution is 2.50. The van der Waals surface area contributed by atoms with Gasteiger partial charge >= 0.3 is 5.69 Å². The number of nitro groups is 2. The minimum absolute atomic E-state index is 0.0815. The van der Waals surface area contributed by atoms with Crippen molar-refractivity contribution in [3.8, 4) is 22.4 Å². The highest BCUT2D eigenvalue weighted by Gasteiger charge is 2.35. The summed E-state index contributed by atoms with van der Waals surface area (Å²) in [6, 6.07) is 22.8. The zero-order chi connectivity index (χ0) is 21.5. The van der Waals surface area contributed by atoms with Crippen LogP contribution in [0.1, 0.15) is 5.56 Å². The Morgan fingerprint density at radius 3 is 2.26 bits per heavy atom. The summed E-state index contributed by atoms with van der Waals surface area (Å²) in [5.41, 5.74) is 3.57. The first-order valence-electron chi connectivity index (χ1n) is 9.60. The summed E-state index contributed by atoms with van der Waals surface area (Å²) in [5.74, 6) is 0.546. The Morgan fingerprint density at radius 2 is 1.52 bits per heavy atom. The van der Waals surface area contributed by atoms with Crippen LogP contribution in [0.4, 0.5) is 22.9 Å². The molecule has 0 atom stereocenters. The van der Waals surface area contributed by atoms with E-state index in [1.807, 2.05) is 59.2 Å². The number of benzene rings is 3. The van der Waals surface area contributed by atoms with Gasteiger partial charge in [-0.3, -0.25) is 20.2 Å². The molecule has 31 heavy (non-hydrogen) atoms. The maximum atomic E-state index is 12.3. The van der Waals surface area contributed by atoms with Gasteiger partial charge in [0.25, 0.3) is 5.69 Å². The van der Waals surface area contributed by atoms with Crippen LogP contribution >= 0.6 is 0 Å². The monoisotopic (exact) mass is 412 g/mol. The maximum Gasteiger partial charge on any atom is 0.304 e. The van der Waals surface area contributed by atoms with Crippen molar-refractivity contribution in [3.05, 3.63) is 105 Å². The number of fused-ring (bicyclic) bond motifs is 2. The molecule has 2 heterocycles. The van der Waals surface area contributed by atoms with Crippen molar-refractivity contribution >= 4 is 22.9 Å². The second kappa shape index (κ2) is 7.10. The molecule has 1 aromatic heterocycles. The van der Waals surface area contributed by atoms with Gasteiger partial charge in [-0.25, -0.2) is 0 Å². The Bertz CT molecular complexity index is 1350. The number of nitrogens with zero attached hydrogens (tertiary/aromatic N) is 3. The first kappa shape index (κ1) is 18.6. The van der Waals surface area contributed by atoms with Crippen LogP contribution in [0.25, 0.3) is 22.4 Å². The van der Waals surface area contributed by atoms with E-state index in [2.05, 4.69) is 5.32 Å². The average Bonchev–Trinajstić information content (AvgIpc) is 3.12. The van der Waals surface area contributed by atoms with Crippen LogP contribution in [0.3, 0.4) is 0 Å². The first-order chi connectivity index (χ1) is 15.0. The highest BCUT2D eigenvalue weighted by atomic mass is 16.6. The fourth-order valence-corrected chi connectivity index (χ4v) is 4.09. The van der Waals surface area contributed by atoms with Gasteiger partial charge in [-0.15, -0.1) is 0 Å². The van der Waals surface area contributed by atoms with Crippen LogP contribution in [0.5, 0.6) is 0 Å². The Hall–Kier alpha value is -4.46. The molecule has 0 spiro atoms. The van der Waals surface area contributed by atoms with Gasteiger partial charge < -0.3 is 9.88 Å². The van der Waals surface area contributed by atoms with E-state index >= 15 is 0 Å². The molecule has 1 N–H and O–H groups in total. The number of para-hydroxylation sites is 1. The van der Waals surface area contributed by atoms with E-state index < -0.39 is 9.85 Å². The van der Waals surface area contributed by atoms with Gasteiger partial charge in [0.15, 0.2) is 0 Å². The molecular formula is C23H16N4O4. The topological polar surface area (TPSA) is 103 Å². The van der Waals surface area contributed by atoms with E-state index in [9.17, 15) is 20.2 Å². The third kappa shape index (κ3) is 3.01. The third-order valence-corrected chi connectivity index (χ3v) is 5.41. The molecule has 8 nitrogen and oxygen atoms in total. The normalized spacial score (nSPS) is 11.9. The lowest BCUT2D eigenvalue weighted by Gasteiger charge is -2.23. The predicted octanol–water partition coefficient (Wildman–Crippen LogP) is 5.74. The molecule has 0 fully saturated rings. The summed E-state index contributed by atoms with van der Waals surface area (Å²) in [5, 5.41) is 27.0. The zero-order valence-corrected chi connectivity index (χ0v) is 16.2. The minimum Gasteiger partial charge on any atom is -0.341 e. The molecule has 0 bridgehead atoms. The fraction of sp³-hybridized carbons (Fsp3) is 0.0435. The maximum absolute atomic E-state index is 12.3. The van der Waals surface area contributed by atoms with E-state index in [0.717, 1.165) is 11.3 Å². The lowest BCUT2D eigenvalue weighted by atomic mass is 10.0. The van der Waals surface area contributed by atoms with E-state index in [4.69, 9.17) is 0 Å². The largest absolute Gasteiger partial charge is 0.341 e. The Kier molecular flexibility index (Phi) is 4.25. The molecular weight excluding hydrogens is 396 g/mol. The Balaban J connectivity index is 1.85. The SMILES string of the molecule is O=[N+]([O-])c1cccc(-c2c([N+](=O)[O-])c(-c3ccccc3)n3c2Nc2ccccc2C3)c1. The second-order valence-electron chi connectivity index (χ2n) is 7.22. The van der Waals surface area contributed by atoms with Crippen molar-refractivity contribution in [3.63, 3.8) is 0 Å². The van der Waals surface area contributed by atoms with Crippen molar-refractivity contribution < 1.29 is 9.85 Å². The van der Waals surface area contributed by atoms with Crippen LogP contribution in [-0.4, -0.2) is 14.4 Å². The first-order valence-corrected chi connectivity index (χ1v) is 9.60. The van der Waals surface area contributed by atoms with Gasteiger partial charge in [-0.1, -0.05) is 60.7 Å². The molecule has 1 aliphatic heterocycles. The van der Waals surface area contributed by atoms with Crippen molar-refractivity contribution in [2.24, 2.45) is 0 Å². The molecule has 0 saturated carbocycles. The smallest absolute Gasteiger partial charge is 0.304 e. The standard InChI is InChI=1S/C23H16N4O4/c28-26(29)18-11-6-10-16(13-18)20-22(27(30)31)21(15-7-2-1-3-8-15)25-14-17-9-4-5-12-19(17)24-23(20)25/h1-13,24H,14H2. The van der Waals surface area contributed by atoms with Crippen LogP contribution < -0.4 is 5.32 Å². The number of non-ortho nitro benzene ring substituents is 1. The summed E-state index contributed by atoms with van der Waals surface area (Å²) >= 11 is 0. The summed E-state index contributed by atoms with van der Waals surface area (Å²) in [7, 11) is 0. The van der Waals surface area contributed by atoms with Crippen molar-refractivity contribution in [1.29, 1.82) is 0 Å². The minimum atomic E-state index is -0.501. The highest BCUT2D eigenvalue weighted by molar-refractivity contribution is 5.96. The zero-order valence-electron chi connectivity index (χ0n) is 16.2. The number of nitrogens with one attached hydrogen (secondary N) is 1. The molecule has 8 heteroatoms. The molecule has 5 rings (SSSR count). The van der Waals surface area contributed by atoms with Crippen LogP contribution in [0, 0.1) is 20.2 Å². The molecule has 152 valence electrons. The van der Waals surface area contributed by atoms with Gasteiger partial charge in [0, 0.05) is 23.4 Å². The van der Waals surface area contributed by atoms with E-state index in [1.165, 1.54) is 12.1 Å². The van der Waals surface area contributed by atoms with Gasteiger partial charge in [0.05, 0.1) is 16.4 Å². The van der Waals surface area contributed by atoms with Crippen LogP contribution in [0.2, 0.25) is 0 Å². The quantitative estimate of drug-likeness (QED) is 0.299. The van der Waals surface area contributed by atoms with E-state index in [-0.39, 0.29) is 11.4 Å². The predicted molar refractivity (Wildman–Crippen MR) is 117 cm³/mol. The number of nitro benzene ring substituents is 1. The lowest BCUT2D eigenvalue weighted by Crippen LogP contribution is -2.13. The molecule has 0 amide bonds. The van der Waals surface area contributed by atoms with Crippen molar-refractivity contribution in [2.75, 3.05) is 5.32 Å². The lowest BCUT2D eigenvalue weighted by molar-refractivity contribution is -0.384. The summed E-state index contributed by atoms with van der Waals surface area (Å²) < 4.78 is 1.88. The second-order valence-corrected chi connectivity index (χ2v) is 7.22. The Labute approximate surface area is 176 Å². The summed E-state index contributed by atoms with van der Waals surface area (Å²) in [4.78, 5) is 22.8. The molecule has 0 saturated heterocycles. The van der Waals surface area contributed by atoms with Gasteiger partial charge in [-0.05, 0) is 17.2 Å². The number of rotatable bonds is 4. The third-order valence-electron chi connectivity index (χ3n) is 5.41. The summed E-state index contributed by atoms with van der Waals surface area (Å²) in [6.07, 6.45) is 0. The van der Waals surface area contributed by atoms with Gasteiger partial charge in [0.1, 0.15) is 17.1 Å². The molecule has 3 aromatic carbocycles. The number of hydrogen-bond donors (Lipinski definition) is 1. The Morgan fingerprint density at radius 1 is 0.806 bits per heavy atom. The van der Waals surface area contributed by atoms with Crippen molar-refractivity contribution in [1.82, 2.24) is 4.57 Å². The number of anilines is 2. The molecule has 1 aliphatic rings. The molecule has 4 aromatic rings. The van der Waals surface area contributed by atoms with Crippen LogP contribution in [0.15, 0.2) is 78.9 Å². The van der Waals surface area contributed by atoms with Crippen LogP contribution in [-0.2, 0) is 6.54 Å². The number of hydrogen-bond acceptors (Lipinski definition) is 5. The van der Waals surface area contributed by atoms with E-state index in [1.54, 1.807) is 12.1 Å². The van der Waals surface area contributed by atoms with Crippen molar-refractivity contribution in [2.45, 2.75) is 6.54 Å². The fourth-order valence-electron chi connectivity index (χ4n) is 4.09. The molecule has 0 radical (unpaired) electrons. The van der Waals surface area contributed by atoms with Gasteiger partial charge in [-0.2, -0.15) is 0 Å².